The smallest absolute Gasteiger partial charge is 0.353 e. The summed E-state index contributed by atoms with van der Waals surface area (Å²) in [5.74, 6) is 0. The van der Waals surface area contributed by atoms with E-state index in [0.717, 1.165) is 24.5 Å². The molecule has 0 aliphatic carbocycles. The van der Waals surface area contributed by atoms with Gasteiger partial charge in [-0.15, -0.1) is 0 Å². The number of aryl methyl sites for hydroxylation is 1. The van der Waals surface area contributed by atoms with Crippen molar-refractivity contribution in [1.82, 2.24) is 4.98 Å². The predicted molar refractivity (Wildman–Crippen MR) is 101 cm³/mol. The van der Waals surface area contributed by atoms with Gasteiger partial charge in [-0.1, -0.05) is 41.4 Å². The van der Waals surface area contributed by atoms with Gasteiger partial charge in [0.1, 0.15) is 0 Å². The number of benzene rings is 2. The molecule has 2 nitrogen and oxygen atoms in total. The second-order valence-electron chi connectivity index (χ2n) is 6.05. The number of unbranched alkanes of at least 4 members (excludes halogenated alkanes) is 1. The zero-order chi connectivity index (χ0) is 18.9. The third-order valence-corrected chi connectivity index (χ3v) is 4.97. The zero-order valence-corrected chi connectivity index (χ0v) is 15.3. The maximum atomic E-state index is 13.5. The first-order chi connectivity index (χ1) is 12.3. The van der Waals surface area contributed by atoms with Gasteiger partial charge in [-0.25, -0.2) is 0 Å². The fraction of sp³-hybridized carbons (Fsp3) is 0.263. The molecule has 3 rings (SSSR count). The van der Waals surface area contributed by atoms with Gasteiger partial charge < -0.3 is 10.7 Å². The number of nitrogens with two attached hydrogens (primary N) is 1. The van der Waals surface area contributed by atoms with Crippen LogP contribution in [0.3, 0.4) is 0 Å². The Morgan fingerprint density at radius 2 is 1.65 bits per heavy atom. The number of H-pyrrole nitrogens is 1. The lowest BCUT2D eigenvalue weighted by Crippen LogP contribution is -2.07. The molecule has 1 aromatic heterocycles. The average molecular weight is 401 g/mol. The van der Waals surface area contributed by atoms with Crippen LogP contribution in [0.25, 0.3) is 22.2 Å². The molecule has 0 aliphatic heterocycles. The van der Waals surface area contributed by atoms with Crippen molar-refractivity contribution in [2.24, 2.45) is 5.73 Å². The molecule has 2 aromatic carbocycles. The van der Waals surface area contributed by atoms with Crippen molar-refractivity contribution in [2.45, 2.75) is 25.4 Å². The molecule has 0 fully saturated rings. The molecule has 0 amide bonds. The molecular weight excluding hydrogens is 384 g/mol. The minimum absolute atomic E-state index is 0.0890. The van der Waals surface area contributed by atoms with Gasteiger partial charge >= 0.3 is 6.18 Å². The molecule has 138 valence electrons. The molecule has 7 heteroatoms. The fourth-order valence-electron chi connectivity index (χ4n) is 3.17. The third-order valence-electron chi connectivity index (χ3n) is 4.34. The number of alkyl halides is 3. The van der Waals surface area contributed by atoms with Crippen LogP contribution in [0.5, 0.6) is 0 Å². The Bertz CT molecular complexity index is 932. The second-order valence-corrected chi connectivity index (χ2v) is 6.86. The van der Waals surface area contributed by atoms with Gasteiger partial charge in [0.05, 0.1) is 26.8 Å². The highest BCUT2D eigenvalue weighted by atomic mass is 35.5. The average Bonchev–Trinajstić information content (AvgIpc) is 2.98. The molecule has 0 unspecified atom stereocenters. The standard InChI is InChI=1S/C19H17Cl2F3N2/c20-14-8-9-15(21)18-16(14)12(6-3-4-10-25)17(26-18)11-5-1-2-7-13(11)19(22,23)24/h1-2,5,7-9,26H,3-4,6,10,25H2. The Labute approximate surface area is 159 Å². The molecule has 26 heavy (non-hydrogen) atoms. The van der Waals surface area contributed by atoms with Crippen LogP contribution in [0.4, 0.5) is 13.2 Å². The third kappa shape index (κ3) is 3.56. The van der Waals surface area contributed by atoms with E-state index in [4.69, 9.17) is 28.9 Å². The van der Waals surface area contributed by atoms with E-state index in [0.29, 0.717) is 39.6 Å². The summed E-state index contributed by atoms with van der Waals surface area (Å²) in [6, 6.07) is 8.79. The summed E-state index contributed by atoms with van der Waals surface area (Å²) < 4.78 is 40.5. The highest BCUT2D eigenvalue weighted by Gasteiger charge is 2.34. The highest BCUT2D eigenvalue weighted by molar-refractivity contribution is 6.40. The molecule has 0 radical (unpaired) electrons. The van der Waals surface area contributed by atoms with Crippen molar-refractivity contribution in [3.05, 3.63) is 57.6 Å². The van der Waals surface area contributed by atoms with E-state index in [-0.39, 0.29) is 5.56 Å². The van der Waals surface area contributed by atoms with Gasteiger partial charge in [0.25, 0.3) is 0 Å². The lowest BCUT2D eigenvalue weighted by Gasteiger charge is -2.13. The van der Waals surface area contributed by atoms with Crippen LogP contribution in [-0.4, -0.2) is 11.5 Å². The predicted octanol–water partition coefficient (Wildman–Crippen LogP) is 6.44. The van der Waals surface area contributed by atoms with Gasteiger partial charge in [0.15, 0.2) is 0 Å². The van der Waals surface area contributed by atoms with Crippen LogP contribution in [0.2, 0.25) is 10.0 Å². The Hall–Kier alpha value is -1.69. The van der Waals surface area contributed by atoms with Crippen LogP contribution in [0.1, 0.15) is 24.0 Å². The van der Waals surface area contributed by atoms with Gasteiger partial charge in [-0.2, -0.15) is 13.2 Å². The molecule has 0 saturated heterocycles. The van der Waals surface area contributed by atoms with E-state index >= 15 is 0 Å². The van der Waals surface area contributed by atoms with E-state index in [1.165, 1.54) is 12.1 Å². The molecule has 1 heterocycles. The van der Waals surface area contributed by atoms with Crippen LogP contribution < -0.4 is 5.73 Å². The van der Waals surface area contributed by atoms with Crippen molar-refractivity contribution in [1.29, 1.82) is 0 Å². The SMILES string of the molecule is NCCCCc1c(-c2ccccc2C(F)(F)F)[nH]c2c(Cl)ccc(Cl)c12. The Balaban J connectivity index is 2.28. The number of nitrogens with one attached hydrogen (secondary N) is 1. The molecular formula is C19H17Cl2F3N2. The summed E-state index contributed by atoms with van der Waals surface area (Å²) in [6.07, 6.45) is -2.40. The van der Waals surface area contributed by atoms with E-state index in [1.807, 2.05) is 0 Å². The molecule has 0 atom stereocenters. The fourth-order valence-corrected chi connectivity index (χ4v) is 3.65. The van der Waals surface area contributed by atoms with Crippen molar-refractivity contribution < 1.29 is 13.2 Å². The molecule has 0 spiro atoms. The largest absolute Gasteiger partial charge is 0.417 e. The first-order valence-corrected chi connectivity index (χ1v) is 8.95. The summed E-state index contributed by atoms with van der Waals surface area (Å²) in [4.78, 5) is 3.08. The number of hydrogen-bond donors (Lipinski definition) is 2. The quantitative estimate of drug-likeness (QED) is 0.475. The monoisotopic (exact) mass is 400 g/mol. The highest BCUT2D eigenvalue weighted by Crippen LogP contribution is 2.42. The Morgan fingerprint density at radius 1 is 0.962 bits per heavy atom. The molecule has 3 aromatic rings. The Kier molecular flexibility index (Phi) is 5.51. The van der Waals surface area contributed by atoms with E-state index in [9.17, 15) is 13.2 Å². The van der Waals surface area contributed by atoms with Crippen LogP contribution in [0, 0.1) is 0 Å². The van der Waals surface area contributed by atoms with Gasteiger partial charge in [-0.3, -0.25) is 0 Å². The lowest BCUT2D eigenvalue weighted by molar-refractivity contribution is -0.137. The normalized spacial score (nSPS) is 12.1. The zero-order valence-electron chi connectivity index (χ0n) is 13.8. The number of fused-ring (bicyclic) bond motifs is 1. The first-order valence-electron chi connectivity index (χ1n) is 8.19. The first kappa shape index (κ1) is 19.1. The van der Waals surface area contributed by atoms with Crippen LogP contribution in [0.15, 0.2) is 36.4 Å². The van der Waals surface area contributed by atoms with E-state index < -0.39 is 11.7 Å². The second kappa shape index (κ2) is 7.51. The van der Waals surface area contributed by atoms with Crippen molar-refractivity contribution in [2.75, 3.05) is 6.54 Å². The summed E-state index contributed by atoms with van der Waals surface area (Å²) in [7, 11) is 0. The number of rotatable bonds is 5. The topological polar surface area (TPSA) is 41.8 Å². The van der Waals surface area contributed by atoms with Gasteiger partial charge in [0, 0.05) is 10.9 Å². The van der Waals surface area contributed by atoms with Crippen molar-refractivity contribution >= 4 is 34.1 Å². The maximum Gasteiger partial charge on any atom is 0.417 e. The summed E-state index contributed by atoms with van der Waals surface area (Å²) >= 11 is 12.6. The van der Waals surface area contributed by atoms with Crippen molar-refractivity contribution in [3.63, 3.8) is 0 Å². The number of aromatic nitrogens is 1. The van der Waals surface area contributed by atoms with Crippen LogP contribution in [-0.2, 0) is 12.6 Å². The van der Waals surface area contributed by atoms with E-state index in [1.54, 1.807) is 18.2 Å². The maximum absolute atomic E-state index is 13.5. The Morgan fingerprint density at radius 3 is 2.35 bits per heavy atom. The lowest BCUT2D eigenvalue weighted by atomic mass is 9.97. The molecule has 0 aliphatic rings. The number of hydrogen-bond acceptors (Lipinski definition) is 1. The minimum Gasteiger partial charge on any atom is -0.353 e. The molecule has 0 bridgehead atoms. The van der Waals surface area contributed by atoms with Crippen molar-refractivity contribution in [3.8, 4) is 11.3 Å². The molecule has 3 N–H and O–H groups in total. The molecule has 0 saturated carbocycles. The van der Waals surface area contributed by atoms with Gasteiger partial charge in [0.2, 0.25) is 0 Å². The summed E-state index contributed by atoms with van der Waals surface area (Å²) in [5.41, 5.74) is 6.64. The van der Waals surface area contributed by atoms with Gasteiger partial charge in [-0.05, 0) is 49.6 Å². The summed E-state index contributed by atoms with van der Waals surface area (Å²) in [6.45, 7) is 0.519. The number of aromatic amines is 1. The van der Waals surface area contributed by atoms with Crippen LogP contribution >= 0.6 is 23.2 Å². The van der Waals surface area contributed by atoms with E-state index in [2.05, 4.69) is 4.98 Å². The number of halogens is 5. The minimum atomic E-state index is -4.46. The summed E-state index contributed by atoms with van der Waals surface area (Å²) in [5, 5.41) is 1.54.